The normalized spacial score (nSPS) is 22.1. The van der Waals surface area contributed by atoms with Crippen LogP contribution in [0.3, 0.4) is 0 Å². The van der Waals surface area contributed by atoms with Gasteiger partial charge in [-0.2, -0.15) is 0 Å². The number of halogens is 1. The molecule has 1 aromatic rings. The zero-order chi connectivity index (χ0) is 13.8. The van der Waals surface area contributed by atoms with E-state index in [1.807, 2.05) is 12.1 Å². The Morgan fingerprint density at radius 1 is 1.42 bits per heavy atom. The monoisotopic (exact) mass is 265 g/mol. The van der Waals surface area contributed by atoms with Gasteiger partial charge in [0.05, 0.1) is 0 Å². The average molecular weight is 265 g/mol. The Hall–Kier alpha value is -0.970. The first-order valence-electron chi connectivity index (χ1n) is 6.98. The highest BCUT2D eigenvalue weighted by Crippen LogP contribution is 2.22. The van der Waals surface area contributed by atoms with E-state index in [9.17, 15) is 4.39 Å². The molecule has 0 amide bonds. The second kappa shape index (κ2) is 6.46. The van der Waals surface area contributed by atoms with Crippen molar-refractivity contribution >= 4 is 0 Å². The summed E-state index contributed by atoms with van der Waals surface area (Å²) < 4.78 is 13.0. The fourth-order valence-corrected chi connectivity index (χ4v) is 2.93. The summed E-state index contributed by atoms with van der Waals surface area (Å²) in [6.07, 6.45) is 2.53. The minimum Gasteiger partial charge on any atom is -0.329 e. The van der Waals surface area contributed by atoms with Crippen molar-refractivity contribution < 1.29 is 4.39 Å². The molecule has 1 aromatic carbocycles. The quantitative estimate of drug-likeness (QED) is 0.882. The van der Waals surface area contributed by atoms with Crippen molar-refractivity contribution in [2.45, 2.75) is 24.9 Å². The van der Waals surface area contributed by atoms with Crippen LogP contribution in [-0.2, 0) is 0 Å². The Labute approximate surface area is 115 Å². The van der Waals surface area contributed by atoms with Crippen LogP contribution in [0.5, 0.6) is 0 Å². The molecular weight excluding hydrogens is 241 g/mol. The molecule has 2 rings (SSSR count). The molecule has 2 atom stereocenters. The topological polar surface area (TPSA) is 32.5 Å². The molecule has 2 unspecified atom stereocenters. The number of hydrogen-bond donors (Lipinski definition) is 1. The summed E-state index contributed by atoms with van der Waals surface area (Å²) in [4.78, 5) is 4.70. The molecule has 2 N–H and O–H groups in total. The van der Waals surface area contributed by atoms with Crippen LogP contribution in [-0.4, -0.2) is 49.6 Å². The highest BCUT2D eigenvalue weighted by atomic mass is 19.1. The summed E-state index contributed by atoms with van der Waals surface area (Å²) in [6.45, 7) is 2.75. The Bertz CT molecular complexity index is 393. The molecule has 1 saturated heterocycles. The minimum atomic E-state index is -0.197. The van der Waals surface area contributed by atoms with Gasteiger partial charge in [0, 0.05) is 25.2 Å². The van der Waals surface area contributed by atoms with Gasteiger partial charge in [-0.1, -0.05) is 12.1 Å². The van der Waals surface area contributed by atoms with Crippen molar-refractivity contribution in [1.29, 1.82) is 0 Å². The maximum atomic E-state index is 13.0. The Balaban J connectivity index is 2.02. The second-order valence-corrected chi connectivity index (χ2v) is 5.52. The molecule has 1 aliphatic heterocycles. The first kappa shape index (κ1) is 14.4. The van der Waals surface area contributed by atoms with Gasteiger partial charge in [0.2, 0.25) is 0 Å². The summed E-state index contributed by atoms with van der Waals surface area (Å²) in [6, 6.07) is 7.46. The molecule has 0 spiro atoms. The van der Waals surface area contributed by atoms with Crippen molar-refractivity contribution in [2.24, 2.45) is 5.73 Å². The van der Waals surface area contributed by atoms with Gasteiger partial charge < -0.3 is 10.6 Å². The standard InChI is InChI=1S/C15H24FN3/c1-18-9-3-4-14(18)11-19(2)15(10-17)12-5-7-13(16)8-6-12/h5-8,14-15H,3-4,9-11,17H2,1-2H3. The molecule has 4 heteroatoms. The van der Waals surface area contributed by atoms with Crippen molar-refractivity contribution in [3.8, 4) is 0 Å². The van der Waals surface area contributed by atoms with Gasteiger partial charge in [0.25, 0.3) is 0 Å². The molecule has 106 valence electrons. The molecule has 0 saturated carbocycles. The number of rotatable bonds is 5. The number of hydrogen-bond acceptors (Lipinski definition) is 3. The number of likely N-dealkylation sites (tertiary alicyclic amines) is 1. The molecule has 0 aromatic heterocycles. The SMILES string of the molecule is CN1CCCC1CN(C)C(CN)c1ccc(F)cc1. The van der Waals surface area contributed by atoms with Crippen molar-refractivity contribution in [3.05, 3.63) is 35.6 Å². The predicted octanol–water partition coefficient (Wildman–Crippen LogP) is 1.85. The predicted molar refractivity (Wildman–Crippen MR) is 76.5 cm³/mol. The van der Waals surface area contributed by atoms with Crippen LogP contribution in [0.2, 0.25) is 0 Å². The summed E-state index contributed by atoms with van der Waals surface area (Å²) in [5.74, 6) is -0.197. The van der Waals surface area contributed by atoms with Crippen LogP contribution in [0.15, 0.2) is 24.3 Å². The van der Waals surface area contributed by atoms with Gasteiger partial charge >= 0.3 is 0 Å². The molecular formula is C15H24FN3. The molecule has 1 fully saturated rings. The fraction of sp³-hybridized carbons (Fsp3) is 0.600. The van der Waals surface area contributed by atoms with Crippen LogP contribution < -0.4 is 5.73 Å². The number of benzene rings is 1. The lowest BCUT2D eigenvalue weighted by Crippen LogP contribution is -2.40. The van der Waals surface area contributed by atoms with E-state index in [1.165, 1.54) is 31.5 Å². The highest BCUT2D eigenvalue weighted by molar-refractivity contribution is 5.20. The molecule has 1 aliphatic rings. The van der Waals surface area contributed by atoms with E-state index >= 15 is 0 Å². The van der Waals surface area contributed by atoms with E-state index in [2.05, 4.69) is 23.9 Å². The summed E-state index contributed by atoms with van der Waals surface area (Å²) in [5.41, 5.74) is 6.99. The summed E-state index contributed by atoms with van der Waals surface area (Å²) in [5, 5.41) is 0. The van der Waals surface area contributed by atoms with Crippen LogP contribution >= 0.6 is 0 Å². The van der Waals surface area contributed by atoms with Crippen molar-refractivity contribution in [3.63, 3.8) is 0 Å². The van der Waals surface area contributed by atoms with E-state index in [-0.39, 0.29) is 11.9 Å². The Kier molecular flexibility index (Phi) is 4.91. The first-order chi connectivity index (χ1) is 9.11. The zero-order valence-corrected chi connectivity index (χ0v) is 11.8. The van der Waals surface area contributed by atoms with Crippen LogP contribution in [0.4, 0.5) is 4.39 Å². The smallest absolute Gasteiger partial charge is 0.123 e. The molecule has 19 heavy (non-hydrogen) atoms. The lowest BCUT2D eigenvalue weighted by molar-refractivity contribution is 0.179. The average Bonchev–Trinajstić information content (AvgIpc) is 2.78. The molecule has 0 radical (unpaired) electrons. The summed E-state index contributed by atoms with van der Waals surface area (Å²) in [7, 11) is 4.29. The second-order valence-electron chi connectivity index (χ2n) is 5.52. The number of nitrogens with two attached hydrogens (primary N) is 1. The van der Waals surface area contributed by atoms with E-state index in [0.717, 1.165) is 12.1 Å². The van der Waals surface area contributed by atoms with Crippen LogP contribution in [0, 0.1) is 5.82 Å². The third-order valence-corrected chi connectivity index (χ3v) is 4.18. The van der Waals surface area contributed by atoms with Gasteiger partial charge in [-0.3, -0.25) is 4.90 Å². The van der Waals surface area contributed by atoms with Gasteiger partial charge in [-0.15, -0.1) is 0 Å². The maximum absolute atomic E-state index is 13.0. The number of likely N-dealkylation sites (N-methyl/N-ethyl adjacent to an activating group) is 2. The first-order valence-corrected chi connectivity index (χ1v) is 6.98. The van der Waals surface area contributed by atoms with Crippen LogP contribution in [0.1, 0.15) is 24.4 Å². The van der Waals surface area contributed by atoms with Gasteiger partial charge in [-0.25, -0.2) is 4.39 Å². The third kappa shape index (κ3) is 3.53. The molecule has 0 aliphatic carbocycles. The Morgan fingerprint density at radius 2 is 2.11 bits per heavy atom. The van der Waals surface area contributed by atoms with E-state index in [4.69, 9.17) is 5.73 Å². The highest BCUT2D eigenvalue weighted by Gasteiger charge is 2.25. The fourth-order valence-electron chi connectivity index (χ4n) is 2.93. The Morgan fingerprint density at radius 3 is 2.63 bits per heavy atom. The van der Waals surface area contributed by atoms with E-state index in [0.29, 0.717) is 12.6 Å². The minimum absolute atomic E-state index is 0.162. The molecule has 1 heterocycles. The van der Waals surface area contributed by atoms with Gasteiger partial charge in [0.15, 0.2) is 0 Å². The lowest BCUT2D eigenvalue weighted by Gasteiger charge is -2.32. The van der Waals surface area contributed by atoms with Gasteiger partial charge in [-0.05, 0) is 51.2 Å². The van der Waals surface area contributed by atoms with Crippen molar-refractivity contribution in [1.82, 2.24) is 9.80 Å². The summed E-state index contributed by atoms with van der Waals surface area (Å²) >= 11 is 0. The van der Waals surface area contributed by atoms with E-state index < -0.39 is 0 Å². The van der Waals surface area contributed by atoms with Gasteiger partial charge in [0.1, 0.15) is 5.82 Å². The molecule has 3 nitrogen and oxygen atoms in total. The molecule has 0 bridgehead atoms. The maximum Gasteiger partial charge on any atom is 0.123 e. The lowest BCUT2D eigenvalue weighted by atomic mass is 10.0. The third-order valence-electron chi connectivity index (χ3n) is 4.18. The van der Waals surface area contributed by atoms with Crippen molar-refractivity contribution in [2.75, 3.05) is 33.7 Å². The zero-order valence-electron chi connectivity index (χ0n) is 11.8. The number of nitrogens with zero attached hydrogens (tertiary/aromatic N) is 2. The largest absolute Gasteiger partial charge is 0.329 e. The van der Waals surface area contributed by atoms with E-state index in [1.54, 1.807) is 0 Å². The van der Waals surface area contributed by atoms with Crippen LogP contribution in [0.25, 0.3) is 0 Å².